The minimum atomic E-state index is -3.52. The van der Waals surface area contributed by atoms with E-state index in [9.17, 15) is 18.0 Å². The first kappa shape index (κ1) is 30.5. The average Bonchev–Trinajstić information content (AvgIpc) is 3.80. The number of benzene rings is 3. The van der Waals surface area contributed by atoms with Crippen LogP contribution in [0.4, 0.5) is 0 Å². The number of amides is 2. The van der Waals surface area contributed by atoms with Crippen LogP contribution in [0.15, 0.2) is 89.8 Å². The second-order valence-corrected chi connectivity index (χ2v) is 12.5. The van der Waals surface area contributed by atoms with Gasteiger partial charge in [0.1, 0.15) is 6.04 Å². The predicted octanol–water partition coefficient (Wildman–Crippen LogP) is 5.01. The quantitative estimate of drug-likeness (QED) is 0.235. The SMILES string of the molecule is CCCCCNC(=O)[C@@H](Cc1ccccc1)N(Cc1ccccc1)C(=O)CCc1ccc(S(=O)(=O)NC2CC2)cc1. The second kappa shape index (κ2) is 14.9. The van der Waals surface area contributed by atoms with E-state index in [0.29, 0.717) is 25.9 Å². The summed E-state index contributed by atoms with van der Waals surface area (Å²) in [7, 11) is -3.52. The summed E-state index contributed by atoms with van der Waals surface area (Å²) in [5.74, 6) is -0.266. The minimum absolute atomic E-state index is 0.0422. The number of nitrogens with zero attached hydrogens (tertiary/aromatic N) is 1. The van der Waals surface area contributed by atoms with E-state index in [0.717, 1.165) is 48.8 Å². The standard InChI is InChI=1S/C33H41N3O4S/c1-2-3-10-23-34-33(38)31(24-27-11-6-4-7-12-27)36(25-28-13-8-5-9-14-28)32(37)22-17-26-15-20-30(21-16-26)41(39,40)35-29-18-19-29/h4-9,11-16,20-21,29,31,35H,2-3,10,17-19,22-25H2,1H3,(H,34,38)/t31-/m1/s1. The third kappa shape index (κ3) is 9.54. The van der Waals surface area contributed by atoms with E-state index in [1.807, 2.05) is 60.7 Å². The topological polar surface area (TPSA) is 95.6 Å². The molecule has 2 N–H and O–H groups in total. The Morgan fingerprint density at radius 1 is 0.854 bits per heavy atom. The Kier molecular flexibility index (Phi) is 11.1. The van der Waals surface area contributed by atoms with E-state index in [2.05, 4.69) is 17.0 Å². The Hall–Kier alpha value is -3.49. The molecule has 0 unspecified atom stereocenters. The number of hydrogen-bond acceptors (Lipinski definition) is 4. The summed E-state index contributed by atoms with van der Waals surface area (Å²) >= 11 is 0. The molecule has 1 aliphatic carbocycles. The van der Waals surface area contributed by atoms with E-state index < -0.39 is 16.1 Å². The van der Waals surface area contributed by atoms with Crippen LogP contribution >= 0.6 is 0 Å². The number of unbranched alkanes of at least 4 members (excludes halogenated alkanes) is 2. The lowest BCUT2D eigenvalue weighted by Crippen LogP contribution is -2.50. The minimum Gasteiger partial charge on any atom is -0.354 e. The molecule has 1 aliphatic rings. The highest BCUT2D eigenvalue weighted by molar-refractivity contribution is 7.89. The normalized spacial score (nSPS) is 13.9. The molecule has 8 heteroatoms. The summed E-state index contributed by atoms with van der Waals surface area (Å²) in [6.45, 7) is 3.03. The molecule has 218 valence electrons. The van der Waals surface area contributed by atoms with Crippen molar-refractivity contribution in [3.63, 3.8) is 0 Å². The van der Waals surface area contributed by atoms with Crippen molar-refractivity contribution in [2.24, 2.45) is 0 Å². The van der Waals surface area contributed by atoms with Crippen LogP contribution in [0.3, 0.4) is 0 Å². The van der Waals surface area contributed by atoms with Crippen molar-refractivity contribution in [1.82, 2.24) is 14.9 Å². The van der Waals surface area contributed by atoms with E-state index in [-0.39, 0.29) is 29.2 Å². The van der Waals surface area contributed by atoms with Crippen LogP contribution in [0.5, 0.6) is 0 Å². The molecule has 4 rings (SSSR count). The maximum absolute atomic E-state index is 13.8. The van der Waals surface area contributed by atoms with E-state index in [4.69, 9.17) is 0 Å². The van der Waals surface area contributed by atoms with Crippen LogP contribution in [0.1, 0.15) is 62.1 Å². The number of nitrogens with one attached hydrogen (secondary N) is 2. The van der Waals surface area contributed by atoms with Crippen LogP contribution in [0.2, 0.25) is 0 Å². The highest BCUT2D eigenvalue weighted by atomic mass is 32.2. The number of rotatable bonds is 16. The molecule has 0 saturated heterocycles. The maximum Gasteiger partial charge on any atom is 0.243 e. The van der Waals surface area contributed by atoms with E-state index >= 15 is 0 Å². The fourth-order valence-corrected chi connectivity index (χ4v) is 6.06. The Balaban J connectivity index is 1.51. The van der Waals surface area contributed by atoms with Gasteiger partial charge in [-0.25, -0.2) is 13.1 Å². The summed E-state index contributed by atoms with van der Waals surface area (Å²) in [6.07, 6.45) is 5.81. The lowest BCUT2D eigenvalue weighted by atomic mass is 10.0. The van der Waals surface area contributed by atoms with Crippen molar-refractivity contribution in [2.45, 2.75) is 81.8 Å². The molecule has 3 aromatic carbocycles. The van der Waals surface area contributed by atoms with Crippen molar-refractivity contribution >= 4 is 21.8 Å². The molecule has 0 bridgehead atoms. The fourth-order valence-electron chi connectivity index (χ4n) is 4.76. The number of aryl methyl sites for hydroxylation is 1. The zero-order valence-corrected chi connectivity index (χ0v) is 24.6. The summed E-state index contributed by atoms with van der Waals surface area (Å²) in [5, 5.41) is 3.08. The molecule has 0 aliphatic heterocycles. The molecule has 2 amide bonds. The van der Waals surface area contributed by atoms with Crippen molar-refractivity contribution in [3.8, 4) is 0 Å². The largest absolute Gasteiger partial charge is 0.354 e. The number of sulfonamides is 1. The number of carbonyl (C=O) groups excluding carboxylic acids is 2. The zero-order chi connectivity index (χ0) is 29.1. The van der Waals surface area contributed by atoms with Crippen LogP contribution in [-0.4, -0.2) is 43.8 Å². The van der Waals surface area contributed by atoms with Crippen LogP contribution in [-0.2, 0) is 39.0 Å². The average molecular weight is 576 g/mol. The Morgan fingerprint density at radius 3 is 2.10 bits per heavy atom. The van der Waals surface area contributed by atoms with Crippen molar-refractivity contribution in [2.75, 3.05) is 6.54 Å². The molecule has 0 heterocycles. The Labute approximate surface area is 244 Å². The monoisotopic (exact) mass is 575 g/mol. The van der Waals surface area contributed by atoms with Gasteiger partial charge in [-0.1, -0.05) is 92.6 Å². The first-order valence-corrected chi connectivity index (χ1v) is 16.1. The van der Waals surface area contributed by atoms with Gasteiger partial charge in [-0.05, 0) is 54.5 Å². The summed E-state index contributed by atoms with van der Waals surface area (Å²) in [4.78, 5) is 29.3. The van der Waals surface area contributed by atoms with Crippen LogP contribution < -0.4 is 10.0 Å². The highest BCUT2D eigenvalue weighted by Crippen LogP contribution is 2.23. The third-order valence-electron chi connectivity index (χ3n) is 7.31. The molecule has 41 heavy (non-hydrogen) atoms. The molecule has 1 fully saturated rings. The molecule has 0 radical (unpaired) electrons. The van der Waals surface area contributed by atoms with Gasteiger partial charge in [0.25, 0.3) is 0 Å². The molecular formula is C33H41N3O4S. The molecule has 1 atom stereocenters. The molecule has 7 nitrogen and oxygen atoms in total. The van der Waals surface area contributed by atoms with E-state index in [1.165, 1.54) is 0 Å². The number of carbonyl (C=O) groups is 2. The van der Waals surface area contributed by atoms with Gasteiger partial charge in [0, 0.05) is 32.0 Å². The smallest absolute Gasteiger partial charge is 0.243 e. The molecule has 1 saturated carbocycles. The van der Waals surface area contributed by atoms with Crippen molar-refractivity contribution in [1.29, 1.82) is 0 Å². The van der Waals surface area contributed by atoms with Gasteiger partial charge >= 0.3 is 0 Å². The molecule has 0 aromatic heterocycles. The fraction of sp³-hybridized carbons (Fsp3) is 0.394. The van der Waals surface area contributed by atoms with Crippen LogP contribution in [0.25, 0.3) is 0 Å². The Bertz CT molecular complexity index is 1360. The summed E-state index contributed by atoms with van der Waals surface area (Å²) < 4.78 is 27.7. The first-order chi connectivity index (χ1) is 19.9. The highest BCUT2D eigenvalue weighted by Gasteiger charge is 2.30. The lowest BCUT2D eigenvalue weighted by molar-refractivity contribution is -0.141. The van der Waals surface area contributed by atoms with Gasteiger partial charge in [-0.3, -0.25) is 9.59 Å². The predicted molar refractivity (Wildman–Crippen MR) is 162 cm³/mol. The van der Waals surface area contributed by atoms with Gasteiger partial charge < -0.3 is 10.2 Å². The van der Waals surface area contributed by atoms with Crippen molar-refractivity contribution < 1.29 is 18.0 Å². The van der Waals surface area contributed by atoms with Crippen LogP contribution in [0, 0.1) is 0 Å². The molecule has 0 spiro atoms. The second-order valence-electron chi connectivity index (χ2n) is 10.8. The van der Waals surface area contributed by atoms with Gasteiger partial charge in [0.2, 0.25) is 21.8 Å². The molecule has 3 aromatic rings. The zero-order valence-electron chi connectivity index (χ0n) is 23.8. The first-order valence-electron chi connectivity index (χ1n) is 14.6. The van der Waals surface area contributed by atoms with E-state index in [1.54, 1.807) is 29.2 Å². The third-order valence-corrected chi connectivity index (χ3v) is 8.84. The van der Waals surface area contributed by atoms with Gasteiger partial charge in [0.05, 0.1) is 4.90 Å². The van der Waals surface area contributed by atoms with Gasteiger partial charge in [0.15, 0.2) is 0 Å². The van der Waals surface area contributed by atoms with Crippen molar-refractivity contribution in [3.05, 3.63) is 102 Å². The summed E-state index contributed by atoms with van der Waals surface area (Å²) in [6, 6.07) is 25.6. The Morgan fingerprint density at radius 2 is 1.49 bits per heavy atom. The van der Waals surface area contributed by atoms with Gasteiger partial charge in [-0.2, -0.15) is 0 Å². The van der Waals surface area contributed by atoms with Gasteiger partial charge in [-0.15, -0.1) is 0 Å². The number of hydrogen-bond donors (Lipinski definition) is 2. The molecular weight excluding hydrogens is 534 g/mol. The maximum atomic E-state index is 13.8. The summed E-state index contributed by atoms with van der Waals surface area (Å²) in [5.41, 5.74) is 2.81. The lowest BCUT2D eigenvalue weighted by Gasteiger charge is -2.31.